The van der Waals surface area contributed by atoms with Crippen molar-refractivity contribution in [3.63, 3.8) is 0 Å². The summed E-state index contributed by atoms with van der Waals surface area (Å²) in [6.07, 6.45) is 0. The van der Waals surface area contributed by atoms with Crippen molar-refractivity contribution in [3.05, 3.63) is 40.5 Å². The van der Waals surface area contributed by atoms with Crippen LogP contribution in [0.2, 0.25) is 5.02 Å². The van der Waals surface area contributed by atoms with E-state index in [-0.39, 0.29) is 0 Å². The summed E-state index contributed by atoms with van der Waals surface area (Å²) in [6, 6.07) is 7.40. The van der Waals surface area contributed by atoms with E-state index in [1.165, 1.54) is 11.3 Å². The molecule has 22 heavy (non-hydrogen) atoms. The molecule has 0 radical (unpaired) electrons. The first-order valence-electron chi connectivity index (χ1n) is 6.75. The molecule has 6 heteroatoms. The summed E-state index contributed by atoms with van der Waals surface area (Å²) in [5.41, 5.74) is 10.5. The molecule has 0 saturated carbocycles. The van der Waals surface area contributed by atoms with Crippen LogP contribution >= 0.6 is 22.9 Å². The van der Waals surface area contributed by atoms with Crippen LogP contribution in [0.15, 0.2) is 28.7 Å². The molecule has 110 valence electrons. The molecular weight excluding hydrogens is 318 g/mol. The molecule has 4 nitrogen and oxygen atoms in total. The molecule has 0 aliphatic heterocycles. The molecule has 1 aromatic carbocycles. The second-order valence-corrected chi connectivity index (χ2v) is 6.67. The Morgan fingerprint density at radius 1 is 1.18 bits per heavy atom. The van der Waals surface area contributed by atoms with Gasteiger partial charge < -0.3 is 10.2 Å². The number of hydrogen-bond donors (Lipinski definition) is 1. The van der Waals surface area contributed by atoms with E-state index in [0.717, 1.165) is 31.9 Å². The van der Waals surface area contributed by atoms with Gasteiger partial charge in [-0.05, 0) is 43.7 Å². The lowest BCUT2D eigenvalue weighted by Gasteiger charge is -1.99. The average molecular weight is 330 g/mol. The Morgan fingerprint density at radius 2 is 2.00 bits per heavy atom. The first-order chi connectivity index (χ1) is 10.5. The van der Waals surface area contributed by atoms with E-state index in [2.05, 4.69) is 9.97 Å². The summed E-state index contributed by atoms with van der Waals surface area (Å²) >= 11 is 7.49. The van der Waals surface area contributed by atoms with E-state index in [9.17, 15) is 0 Å². The molecule has 0 aliphatic carbocycles. The third-order valence-corrected chi connectivity index (χ3v) is 4.89. The fourth-order valence-electron chi connectivity index (χ4n) is 2.63. The molecule has 4 rings (SSSR count). The van der Waals surface area contributed by atoms with E-state index in [1.54, 1.807) is 12.1 Å². The molecule has 4 aromatic rings. The number of anilines is 1. The minimum atomic E-state index is 0.509. The summed E-state index contributed by atoms with van der Waals surface area (Å²) in [5.74, 6) is 0.509. The Bertz CT molecular complexity index is 1030. The van der Waals surface area contributed by atoms with Crippen LogP contribution in [0.4, 0.5) is 5.69 Å². The first kappa shape index (κ1) is 13.5. The smallest absolute Gasteiger partial charge is 0.239 e. The van der Waals surface area contributed by atoms with Gasteiger partial charge in [0.1, 0.15) is 15.2 Å². The van der Waals surface area contributed by atoms with Gasteiger partial charge >= 0.3 is 0 Å². The molecule has 3 heterocycles. The fraction of sp³-hybridized carbons (Fsp3) is 0.125. The lowest BCUT2D eigenvalue weighted by molar-refractivity contribution is 0.622. The van der Waals surface area contributed by atoms with Crippen LogP contribution in [0.25, 0.3) is 32.1 Å². The minimum absolute atomic E-state index is 0.509. The van der Waals surface area contributed by atoms with Gasteiger partial charge in [0.05, 0.1) is 5.69 Å². The molecule has 3 aromatic heterocycles. The molecule has 0 bridgehead atoms. The number of nitrogen functional groups attached to an aromatic ring is 1. The maximum atomic E-state index is 6.32. The highest BCUT2D eigenvalue weighted by atomic mass is 35.5. The van der Waals surface area contributed by atoms with Crippen molar-refractivity contribution in [1.29, 1.82) is 0 Å². The van der Waals surface area contributed by atoms with Gasteiger partial charge in [0, 0.05) is 16.1 Å². The Labute approximate surface area is 135 Å². The van der Waals surface area contributed by atoms with Crippen molar-refractivity contribution < 1.29 is 4.42 Å². The summed E-state index contributed by atoms with van der Waals surface area (Å²) in [5, 5.41) is 1.61. The number of aromatic nitrogens is 2. The molecule has 0 unspecified atom stereocenters. The summed E-state index contributed by atoms with van der Waals surface area (Å²) in [6.45, 7) is 4.01. The Hall–Kier alpha value is -2.11. The number of pyridine rings is 1. The second kappa shape index (κ2) is 4.69. The van der Waals surface area contributed by atoms with Crippen LogP contribution in [-0.4, -0.2) is 9.97 Å². The lowest BCUT2D eigenvalue weighted by Crippen LogP contribution is -1.89. The molecule has 0 aliphatic rings. The third kappa shape index (κ3) is 1.97. The monoisotopic (exact) mass is 329 g/mol. The quantitative estimate of drug-likeness (QED) is 0.536. The molecule has 2 N–H and O–H groups in total. The van der Waals surface area contributed by atoms with Crippen LogP contribution < -0.4 is 5.73 Å². The zero-order valence-electron chi connectivity index (χ0n) is 12.0. The number of rotatable bonds is 1. The maximum absolute atomic E-state index is 6.32. The van der Waals surface area contributed by atoms with E-state index < -0.39 is 0 Å². The van der Waals surface area contributed by atoms with Crippen LogP contribution in [0.3, 0.4) is 0 Å². The van der Waals surface area contributed by atoms with Crippen molar-refractivity contribution in [2.75, 3.05) is 5.73 Å². The molecule has 0 atom stereocenters. The highest BCUT2D eigenvalue weighted by Gasteiger charge is 2.19. The van der Waals surface area contributed by atoms with Crippen molar-refractivity contribution in [2.24, 2.45) is 0 Å². The van der Waals surface area contributed by atoms with Gasteiger partial charge in [-0.15, -0.1) is 11.3 Å². The highest BCUT2D eigenvalue weighted by molar-refractivity contribution is 7.22. The first-order valence-corrected chi connectivity index (χ1v) is 7.95. The van der Waals surface area contributed by atoms with Crippen LogP contribution in [0, 0.1) is 13.8 Å². The zero-order chi connectivity index (χ0) is 15.4. The number of nitrogens with zero attached hydrogens (tertiary/aromatic N) is 2. The average Bonchev–Trinajstić information content (AvgIpc) is 2.99. The Balaban J connectivity index is 1.99. The van der Waals surface area contributed by atoms with E-state index >= 15 is 0 Å². The largest absolute Gasteiger partial charge is 0.435 e. The molecule has 0 fully saturated rings. The van der Waals surface area contributed by atoms with Gasteiger partial charge in [0.25, 0.3) is 0 Å². The van der Waals surface area contributed by atoms with E-state index in [0.29, 0.717) is 22.2 Å². The number of aryl methyl sites for hydroxylation is 2. The van der Waals surface area contributed by atoms with Gasteiger partial charge in [-0.2, -0.15) is 0 Å². The highest BCUT2D eigenvalue weighted by Crippen LogP contribution is 2.42. The van der Waals surface area contributed by atoms with Crippen molar-refractivity contribution >= 4 is 49.9 Å². The number of hydrogen-bond acceptors (Lipinski definition) is 5. The normalized spacial score (nSPS) is 11.6. The van der Waals surface area contributed by atoms with Crippen molar-refractivity contribution in [3.8, 4) is 10.8 Å². The molecule has 0 spiro atoms. The van der Waals surface area contributed by atoms with Gasteiger partial charge in [-0.3, -0.25) is 0 Å². The summed E-state index contributed by atoms with van der Waals surface area (Å²) in [4.78, 5) is 10.8. The summed E-state index contributed by atoms with van der Waals surface area (Å²) < 4.78 is 5.82. The number of halogens is 1. The van der Waals surface area contributed by atoms with Crippen LogP contribution in [0.1, 0.15) is 11.3 Å². The molecular formula is C16H12ClN3OS. The number of oxazole rings is 1. The SMILES string of the molecule is Cc1cc(C)c2c(N)c(-c3nc4cc(Cl)ccc4o3)sc2n1. The lowest BCUT2D eigenvalue weighted by atomic mass is 10.1. The van der Waals surface area contributed by atoms with Crippen molar-refractivity contribution in [2.45, 2.75) is 13.8 Å². The van der Waals surface area contributed by atoms with Crippen LogP contribution in [-0.2, 0) is 0 Å². The zero-order valence-corrected chi connectivity index (χ0v) is 13.5. The minimum Gasteiger partial charge on any atom is -0.435 e. The summed E-state index contributed by atoms with van der Waals surface area (Å²) in [7, 11) is 0. The predicted octanol–water partition coefficient (Wildman–Crippen LogP) is 4.96. The van der Waals surface area contributed by atoms with Gasteiger partial charge in [0.15, 0.2) is 5.58 Å². The fourth-order valence-corrected chi connectivity index (χ4v) is 3.93. The molecule has 0 saturated heterocycles. The van der Waals surface area contributed by atoms with Gasteiger partial charge in [0.2, 0.25) is 5.89 Å². The number of thiophene rings is 1. The number of fused-ring (bicyclic) bond motifs is 2. The van der Waals surface area contributed by atoms with Crippen LogP contribution in [0.5, 0.6) is 0 Å². The third-order valence-electron chi connectivity index (χ3n) is 3.57. The number of nitrogens with two attached hydrogens (primary N) is 1. The molecule has 0 amide bonds. The maximum Gasteiger partial charge on any atom is 0.239 e. The topological polar surface area (TPSA) is 64.9 Å². The van der Waals surface area contributed by atoms with Crippen molar-refractivity contribution in [1.82, 2.24) is 9.97 Å². The number of benzene rings is 1. The van der Waals surface area contributed by atoms with Gasteiger partial charge in [-0.1, -0.05) is 11.6 Å². The van der Waals surface area contributed by atoms with Gasteiger partial charge in [-0.25, -0.2) is 9.97 Å². The Kier molecular flexibility index (Phi) is 2.89. The standard InChI is InChI=1S/C16H12ClN3OS/c1-7-5-8(2)19-16-12(7)13(18)14(22-16)15-20-10-6-9(17)3-4-11(10)21-15/h3-6H,18H2,1-2H3. The Morgan fingerprint density at radius 3 is 2.82 bits per heavy atom. The van der Waals surface area contributed by atoms with E-state index in [4.69, 9.17) is 21.8 Å². The van der Waals surface area contributed by atoms with E-state index in [1.807, 2.05) is 26.0 Å². The predicted molar refractivity (Wildman–Crippen MR) is 91.5 cm³/mol. The second-order valence-electron chi connectivity index (χ2n) is 5.24.